The fourth-order valence-corrected chi connectivity index (χ4v) is 3.03. The van der Waals surface area contributed by atoms with Crippen LogP contribution in [0.5, 0.6) is 0 Å². The topological polar surface area (TPSA) is 70.2 Å². The van der Waals surface area contributed by atoms with Gasteiger partial charge in [0, 0.05) is 23.7 Å². The number of anilines is 2. The second-order valence-corrected chi connectivity index (χ2v) is 6.62. The maximum Gasteiger partial charge on any atom is 0.229 e. The van der Waals surface area contributed by atoms with Crippen LogP contribution in [0.4, 0.5) is 11.4 Å². The first kappa shape index (κ1) is 18.4. The molecule has 0 unspecified atom stereocenters. The number of rotatable bonds is 4. The van der Waals surface area contributed by atoms with Gasteiger partial charge in [0.1, 0.15) is 0 Å². The van der Waals surface area contributed by atoms with Gasteiger partial charge in [-0.3, -0.25) is 9.59 Å². The van der Waals surface area contributed by atoms with Crippen LogP contribution < -0.4 is 16.0 Å². The van der Waals surface area contributed by atoms with E-state index in [1.165, 1.54) is 6.42 Å². The van der Waals surface area contributed by atoms with Gasteiger partial charge in [0.15, 0.2) is 5.11 Å². The third-order valence-corrected chi connectivity index (χ3v) is 4.51. The first-order valence-electron chi connectivity index (χ1n) is 8.52. The molecule has 2 amide bonds. The van der Waals surface area contributed by atoms with Crippen molar-refractivity contribution in [1.82, 2.24) is 5.32 Å². The fourth-order valence-electron chi connectivity index (χ4n) is 2.81. The summed E-state index contributed by atoms with van der Waals surface area (Å²) in [5, 5.41) is 8.95. The van der Waals surface area contributed by atoms with Crippen molar-refractivity contribution in [2.24, 2.45) is 5.92 Å². The summed E-state index contributed by atoms with van der Waals surface area (Å²) >= 11 is 5.24. The summed E-state index contributed by atoms with van der Waals surface area (Å²) < 4.78 is 0. The smallest absolute Gasteiger partial charge is 0.229 e. The maximum atomic E-state index is 12.2. The number of amides is 2. The molecule has 130 valence electrons. The quantitative estimate of drug-likeness (QED) is 0.726. The van der Waals surface area contributed by atoms with Crippen LogP contribution in [0.15, 0.2) is 18.2 Å². The summed E-state index contributed by atoms with van der Waals surface area (Å²) in [6, 6.07) is 5.59. The Morgan fingerprint density at radius 3 is 2.54 bits per heavy atom. The van der Waals surface area contributed by atoms with Crippen molar-refractivity contribution in [1.29, 1.82) is 0 Å². The molecule has 0 saturated heterocycles. The van der Waals surface area contributed by atoms with Crippen LogP contribution in [0.3, 0.4) is 0 Å². The summed E-state index contributed by atoms with van der Waals surface area (Å²) in [5.41, 5.74) is 2.45. The molecule has 1 aliphatic carbocycles. The number of thiocarbonyl (C=S) groups is 1. The zero-order chi connectivity index (χ0) is 17.5. The molecule has 0 bridgehead atoms. The lowest BCUT2D eigenvalue weighted by Crippen LogP contribution is -2.39. The van der Waals surface area contributed by atoms with Crippen LogP contribution >= 0.6 is 12.2 Å². The number of hydrogen-bond acceptors (Lipinski definition) is 3. The largest absolute Gasteiger partial charge is 0.332 e. The molecule has 0 spiro atoms. The summed E-state index contributed by atoms with van der Waals surface area (Å²) in [5.74, 6) is 0.0261. The summed E-state index contributed by atoms with van der Waals surface area (Å²) in [4.78, 5) is 23.8. The first-order valence-corrected chi connectivity index (χ1v) is 8.92. The molecule has 24 heavy (non-hydrogen) atoms. The normalized spacial score (nSPS) is 14.8. The van der Waals surface area contributed by atoms with E-state index in [2.05, 4.69) is 16.0 Å². The molecule has 1 aliphatic rings. The van der Waals surface area contributed by atoms with E-state index in [0.717, 1.165) is 42.6 Å². The molecule has 0 aromatic heterocycles. The van der Waals surface area contributed by atoms with Crippen molar-refractivity contribution in [3.8, 4) is 0 Å². The molecule has 6 heteroatoms. The Morgan fingerprint density at radius 1 is 1.17 bits per heavy atom. The summed E-state index contributed by atoms with van der Waals surface area (Å²) in [6.07, 6.45) is 5.72. The van der Waals surface area contributed by atoms with E-state index in [4.69, 9.17) is 12.2 Å². The predicted molar refractivity (Wildman–Crippen MR) is 101 cm³/mol. The molecule has 1 saturated carbocycles. The van der Waals surface area contributed by atoms with Gasteiger partial charge in [-0.2, -0.15) is 0 Å². The van der Waals surface area contributed by atoms with E-state index in [9.17, 15) is 9.59 Å². The van der Waals surface area contributed by atoms with Gasteiger partial charge in [-0.1, -0.05) is 32.3 Å². The summed E-state index contributed by atoms with van der Waals surface area (Å²) in [7, 11) is 0. The van der Waals surface area contributed by atoms with Crippen LogP contribution in [-0.4, -0.2) is 16.9 Å². The zero-order valence-electron chi connectivity index (χ0n) is 14.3. The number of hydrogen-bond donors (Lipinski definition) is 3. The van der Waals surface area contributed by atoms with Crippen molar-refractivity contribution in [2.75, 3.05) is 10.6 Å². The monoisotopic (exact) mass is 347 g/mol. The zero-order valence-corrected chi connectivity index (χ0v) is 15.1. The van der Waals surface area contributed by atoms with Crippen LogP contribution in [0.1, 0.15) is 51.0 Å². The van der Waals surface area contributed by atoms with E-state index >= 15 is 0 Å². The SMILES string of the molecule is CCC(=O)Nc1cc(NC(=S)NC(=O)C2CCCCC2)ccc1C. The third-order valence-electron chi connectivity index (χ3n) is 4.30. The number of nitrogens with one attached hydrogen (secondary N) is 3. The highest BCUT2D eigenvalue weighted by Crippen LogP contribution is 2.24. The minimum absolute atomic E-state index is 0.00109. The molecule has 0 radical (unpaired) electrons. The van der Waals surface area contributed by atoms with Gasteiger partial charge in [0.25, 0.3) is 0 Å². The lowest BCUT2D eigenvalue weighted by atomic mass is 9.89. The van der Waals surface area contributed by atoms with E-state index in [1.807, 2.05) is 32.0 Å². The average Bonchev–Trinajstić information content (AvgIpc) is 2.58. The highest BCUT2D eigenvalue weighted by Gasteiger charge is 2.21. The average molecular weight is 347 g/mol. The second kappa shape index (κ2) is 8.78. The molecule has 1 aromatic carbocycles. The number of aryl methyl sites for hydroxylation is 1. The van der Waals surface area contributed by atoms with Gasteiger partial charge in [0.05, 0.1) is 0 Å². The Balaban J connectivity index is 1.94. The maximum absolute atomic E-state index is 12.2. The van der Waals surface area contributed by atoms with Gasteiger partial charge < -0.3 is 16.0 Å². The van der Waals surface area contributed by atoms with E-state index in [1.54, 1.807) is 0 Å². The molecule has 0 heterocycles. The second-order valence-electron chi connectivity index (χ2n) is 6.21. The Bertz CT molecular complexity index is 625. The highest BCUT2D eigenvalue weighted by molar-refractivity contribution is 7.80. The molecule has 1 aromatic rings. The minimum atomic E-state index is -0.0385. The Morgan fingerprint density at radius 2 is 1.88 bits per heavy atom. The first-order chi connectivity index (χ1) is 11.5. The molecule has 3 N–H and O–H groups in total. The Labute approximate surface area is 148 Å². The van der Waals surface area contributed by atoms with Gasteiger partial charge in [-0.25, -0.2) is 0 Å². The molecular weight excluding hydrogens is 322 g/mol. The third kappa shape index (κ3) is 5.30. The van der Waals surface area contributed by atoms with Crippen LogP contribution in [0.25, 0.3) is 0 Å². The molecule has 0 atom stereocenters. The molecule has 2 rings (SSSR count). The molecule has 0 aliphatic heterocycles. The number of carbonyl (C=O) groups excluding carboxylic acids is 2. The van der Waals surface area contributed by atoms with Crippen molar-refractivity contribution in [3.05, 3.63) is 23.8 Å². The van der Waals surface area contributed by atoms with E-state index in [0.29, 0.717) is 11.5 Å². The van der Waals surface area contributed by atoms with Crippen molar-refractivity contribution >= 4 is 40.5 Å². The highest BCUT2D eigenvalue weighted by atomic mass is 32.1. The van der Waals surface area contributed by atoms with Gasteiger partial charge >= 0.3 is 0 Å². The molecule has 5 nitrogen and oxygen atoms in total. The van der Waals surface area contributed by atoms with Crippen LogP contribution in [-0.2, 0) is 9.59 Å². The Hall–Kier alpha value is -1.95. The van der Waals surface area contributed by atoms with Crippen molar-refractivity contribution in [3.63, 3.8) is 0 Å². The Kier molecular flexibility index (Phi) is 6.73. The van der Waals surface area contributed by atoms with E-state index in [-0.39, 0.29) is 17.7 Å². The minimum Gasteiger partial charge on any atom is -0.332 e. The molecular formula is C18H25N3O2S. The van der Waals surface area contributed by atoms with E-state index < -0.39 is 0 Å². The number of carbonyl (C=O) groups is 2. The van der Waals surface area contributed by atoms with Gasteiger partial charge in [0.2, 0.25) is 11.8 Å². The molecule has 1 fully saturated rings. The van der Waals surface area contributed by atoms with Crippen LogP contribution in [0, 0.1) is 12.8 Å². The number of benzene rings is 1. The van der Waals surface area contributed by atoms with Crippen molar-refractivity contribution in [2.45, 2.75) is 52.4 Å². The predicted octanol–water partition coefficient (Wildman–Crippen LogP) is 3.74. The standard InChI is InChI=1S/C18H25N3O2S/c1-3-16(22)20-15-11-14(10-9-12(15)2)19-18(24)21-17(23)13-7-5-4-6-8-13/h9-11,13H,3-8H2,1-2H3,(H,20,22)(H2,19,21,23,24). The summed E-state index contributed by atoms with van der Waals surface area (Å²) in [6.45, 7) is 3.74. The van der Waals surface area contributed by atoms with Gasteiger partial charge in [-0.05, 0) is 49.7 Å². The lowest BCUT2D eigenvalue weighted by Gasteiger charge is -2.21. The van der Waals surface area contributed by atoms with Crippen LogP contribution in [0.2, 0.25) is 0 Å². The van der Waals surface area contributed by atoms with Gasteiger partial charge in [-0.15, -0.1) is 0 Å². The lowest BCUT2D eigenvalue weighted by molar-refractivity contribution is -0.124. The van der Waals surface area contributed by atoms with Crippen molar-refractivity contribution < 1.29 is 9.59 Å². The fraction of sp³-hybridized carbons (Fsp3) is 0.500.